The second kappa shape index (κ2) is 9.28. The molecule has 0 bridgehead atoms. The van der Waals surface area contributed by atoms with Crippen molar-refractivity contribution in [1.82, 2.24) is 35.1 Å². The number of rotatable bonds is 6. The van der Waals surface area contributed by atoms with Gasteiger partial charge >= 0.3 is 0 Å². The highest BCUT2D eigenvalue weighted by molar-refractivity contribution is 6.06. The van der Waals surface area contributed by atoms with E-state index in [2.05, 4.69) is 25.6 Å². The molecule has 4 N–H and O–H groups in total. The van der Waals surface area contributed by atoms with E-state index in [1.807, 2.05) is 36.4 Å². The van der Waals surface area contributed by atoms with Crippen molar-refractivity contribution < 1.29 is 13.9 Å². The predicted octanol–water partition coefficient (Wildman–Crippen LogP) is 3.99. The van der Waals surface area contributed by atoms with Crippen molar-refractivity contribution in [2.75, 3.05) is 12.8 Å². The molecule has 2 aromatic carbocycles. The number of halogens is 1. The highest BCUT2D eigenvalue weighted by atomic mass is 19.1. The number of methoxy groups -OCH3 is 1. The van der Waals surface area contributed by atoms with E-state index >= 15 is 0 Å². The van der Waals surface area contributed by atoms with E-state index in [1.165, 1.54) is 19.2 Å². The lowest BCUT2D eigenvalue weighted by Gasteiger charge is -2.11. The molecule has 4 aromatic heterocycles. The fourth-order valence-electron chi connectivity index (χ4n) is 4.42. The van der Waals surface area contributed by atoms with Gasteiger partial charge in [0, 0.05) is 36.1 Å². The average Bonchev–Trinajstić information content (AvgIpc) is 3.59. The molecule has 1 amide bonds. The number of H-pyrrole nitrogens is 1. The molecule has 11 heteroatoms. The normalized spacial score (nSPS) is 11.2. The molecule has 0 spiro atoms. The molecule has 188 valence electrons. The number of pyridine rings is 1. The van der Waals surface area contributed by atoms with Gasteiger partial charge in [0.25, 0.3) is 5.91 Å². The Morgan fingerprint density at radius 1 is 1.11 bits per heavy atom. The van der Waals surface area contributed by atoms with Crippen LogP contribution in [0.4, 0.5) is 10.2 Å². The summed E-state index contributed by atoms with van der Waals surface area (Å²) in [5.74, 6) is -0.314. The van der Waals surface area contributed by atoms with Crippen LogP contribution in [0.2, 0.25) is 0 Å². The minimum absolute atomic E-state index is 0.132. The smallest absolute Gasteiger partial charge is 0.255 e. The average molecular weight is 509 g/mol. The lowest BCUT2D eigenvalue weighted by atomic mass is 10.0. The van der Waals surface area contributed by atoms with Gasteiger partial charge in [0.2, 0.25) is 0 Å². The maximum Gasteiger partial charge on any atom is 0.255 e. The number of amides is 1. The fourth-order valence-corrected chi connectivity index (χ4v) is 4.42. The van der Waals surface area contributed by atoms with Crippen molar-refractivity contribution in [3.63, 3.8) is 0 Å². The van der Waals surface area contributed by atoms with Crippen LogP contribution in [0, 0.1) is 5.82 Å². The number of nitrogens with zero attached hydrogens (tertiary/aromatic N) is 5. The molecule has 38 heavy (non-hydrogen) atoms. The zero-order valence-corrected chi connectivity index (χ0v) is 20.1. The SMILES string of the molecule is COc1ccc(F)cc1C(=O)NCc1ccc(-c2ncc(-c3ccnc4ccnn34)c3[nH]nc(N)c23)cc1. The minimum atomic E-state index is -0.512. The first-order valence-electron chi connectivity index (χ1n) is 11.7. The summed E-state index contributed by atoms with van der Waals surface area (Å²) in [5.41, 5.74) is 11.8. The molecule has 6 rings (SSSR count). The van der Waals surface area contributed by atoms with Crippen LogP contribution in [0.5, 0.6) is 5.75 Å². The van der Waals surface area contributed by atoms with E-state index in [0.29, 0.717) is 28.3 Å². The predicted molar refractivity (Wildman–Crippen MR) is 140 cm³/mol. The summed E-state index contributed by atoms with van der Waals surface area (Å²) in [5, 5.41) is 15.1. The van der Waals surface area contributed by atoms with Crippen LogP contribution in [0.3, 0.4) is 0 Å². The largest absolute Gasteiger partial charge is 0.496 e. The Hall–Kier alpha value is -5.32. The number of benzene rings is 2. The maximum absolute atomic E-state index is 13.6. The van der Waals surface area contributed by atoms with Gasteiger partial charge in [-0.2, -0.15) is 10.2 Å². The Kier molecular flexibility index (Phi) is 5.64. The zero-order chi connectivity index (χ0) is 26.2. The van der Waals surface area contributed by atoms with E-state index in [9.17, 15) is 9.18 Å². The molecule has 0 aliphatic carbocycles. The summed E-state index contributed by atoms with van der Waals surface area (Å²) in [4.78, 5) is 21.7. The highest BCUT2D eigenvalue weighted by Crippen LogP contribution is 2.35. The Balaban J connectivity index is 1.28. The van der Waals surface area contributed by atoms with Gasteiger partial charge in [-0.05, 0) is 29.8 Å². The number of carbonyl (C=O) groups excluding carboxylic acids is 1. The van der Waals surface area contributed by atoms with Gasteiger partial charge in [-0.1, -0.05) is 24.3 Å². The molecule has 0 saturated carbocycles. The number of fused-ring (bicyclic) bond motifs is 2. The molecular formula is C27H21FN8O2. The van der Waals surface area contributed by atoms with Crippen LogP contribution in [-0.2, 0) is 6.54 Å². The first-order valence-corrected chi connectivity index (χ1v) is 11.7. The van der Waals surface area contributed by atoms with Gasteiger partial charge in [-0.15, -0.1) is 0 Å². The topological polar surface area (TPSA) is 136 Å². The van der Waals surface area contributed by atoms with Crippen molar-refractivity contribution in [3.05, 3.63) is 90.1 Å². The molecular weight excluding hydrogens is 487 g/mol. The van der Waals surface area contributed by atoms with Gasteiger partial charge in [-0.25, -0.2) is 13.9 Å². The number of aromatic nitrogens is 6. The summed E-state index contributed by atoms with van der Waals surface area (Å²) in [6.45, 7) is 0.246. The summed E-state index contributed by atoms with van der Waals surface area (Å²) in [7, 11) is 1.43. The third-order valence-corrected chi connectivity index (χ3v) is 6.28. The molecule has 0 atom stereocenters. The van der Waals surface area contributed by atoms with Crippen molar-refractivity contribution in [2.24, 2.45) is 0 Å². The highest BCUT2D eigenvalue weighted by Gasteiger charge is 2.18. The van der Waals surface area contributed by atoms with Crippen molar-refractivity contribution in [3.8, 4) is 28.3 Å². The standard InChI is InChI=1S/C27H21FN8O2/c1-38-21-7-6-17(28)12-18(21)27(37)32-13-15-2-4-16(5-3-15)24-23-25(34-35-26(23)29)19(14-31-24)20-8-10-30-22-9-11-33-36(20)22/h2-12,14H,13H2,1H3,(H,32,37)(H3,29,34,35). The molecule has 0 radical (unpaired) electrons. The van der Waals surface area contributed by atoms with Gasteiger partial charge in [0.1, 0.15) is 11.6 Å². The van der Waals surface area contributed by atoms with Crippen molar-refractivity contribution >= 4 is 28.3 Å². The summed E-state index contributed by atoms with van der Waals surface area (Å²) in [6.07, 6.45) is 5.16. The quantitative estimate of drug-likeness (QED) is 0.309. The van der Waals surface area contributed by atoms with Crippen LogP contribution < -0.4 is 15.8 Å². The van der Waals surface area contributed by atoms with Crippen molar-refractivity contribution in [2.45, 2.75) is 6.54 Å². The fraction of sp³-hybridized carbons (Fsp3) is 0.0741. The Morgan fingerprint density at radius 2 is 1.95 bits per heavy atom. The number of aromatic amines is 1. The summed E-state index contributed by atoms with van der Waals surface area (Å²) < 4.78 is 20.5. The second-order valence-corrected chi connectivity index (χ2v) is 8.53. The van der Waals surface area contributed by atoms with Crippen molar-refractivity contribution in [1.29, 1.82) is 0 Å². The third kappa shape index (κ3) is 3.95. The number of carbonyl (C=O) groups is 1. The number of nitrogens with two attached hydrogens (primary N) is 1. The molecule has 6 aromatic rings. The Morgan fingerprint density at radius 3 is 2.76 bits per heavy atom. The molecule has 0 saturated heterocycles. The van der Waals surface area contributed by atoms with Crippen LogP contribution in [-0.4, -0.2) is 42.8 Å². The minimum Gasteiger partial charge on any atom is -0.496 e. The summed E-state index contributed by atoms with van der Waals surface area (Å²) in [6, 6.07) is 15.1. The van der Waals surface area contributed by atoms with E-state index in [-0.39, 0.29) is 12.1 Å². The van der Waals surface area contributed by atoms with E-state index in [1.54, 1.807) is 23.1 Å². The van der Waals surface area contributed by atoms with E-state index < -0.39 is 11.7 Å². The second-order valence-electron chi connectivity index (χ2n) is 8.53. The van der Waals surface area contributed by atoms with Crippen LogP contribution >= 0.6 is 0 Å². The number of hydrogen-bond donors (Lipinski definition) is 3. The number of ether oxygens (including phenoxy) is 1. The lowest BCUT2D eigenvalue weighted by molar-refractivity contribution is 0.0947. The number of nitrogens with one attached hydrogen (secondary N) is 2. The lowest BCUT2D eigenvalue weighted by Crippen LogP contribution is -2.23. The first kappa shape index (κ1) is 23.1. The number of nitrogen functional groups attached to an aromatic ring is 1. The summed E-state index contributed by atoms with van der Waals surface area (Å²) >= 11 is 0. The molecule has 0 fully saturated rings. The molecule has 0 aliphatic rings. The molecule has 10 nitrogen and oxygen atoms in total. The molecule has 0 aliphatic heterocycles. The number of hydrogen-bond acceptors (Lipinski definition) is 7. The molecule has 4 heterocycles. The third-order valence-electron chi connectivity index (χ3n) is 6.28. The monoisotopic (exact) mass is 508 g/mol. The van der Waals surface area contributed by atoms with Crippen LogP contribution in [0.15, 0.2) is 73.2 Å². The van der Waals surface area contributed by atoms with Crippen LogP contribution in [0.25, 0.3) is 39.1 Å². The maximum atomic E-state index is 13.6. The zero-order valence-electron chi connectivity index (χ0n) is 20.1. The van der Waals surface area contributed by atoms with Gasteiger partial charge in [0.15, 0.2) is 11.5 Å². The van der Waals surface area contributed by atoms with Gasteiger partial charge < -0.3 is 15.8 Å². The Labute approximate surface area is 215 Å². The van der Waals surface area contributed by atoms with Gasteiger partial charge in [-0.3, -0.25) is 14.9 Å². The van der Waals surface area contributed by atoms with Crippen LogP contribution in [0.1, 0.15) is 15.9 Å². The molecule has 0 unspecified atom stereocenters. The Bertz CT molecular complexity index is 1810. The van der Waals surface area contributed by atoms with E-state index in [4.69, 9.17) is 15.5 Å². The first-order chi connectivity index (χ1) is 18.5. The number of anilines is 1. The van der Waals surface area contributed by atoms with Gasteiger partial charge in [0.05, 0.1) is 41.2 Å². The van der Waals surface area contributed by atoms with E-state index in [0.717, 1.165) is 34.0 Å².